The van der Waals surface area contributed by atoms with E-state index in [1.807, 2.05) is 30.3 Å². The zero-order valence-electron chi connectivity index (χ0n) is 50.1. The molecule has 1 fully saturated rings. The molecule has 19 heteroatoms. The van der Waals surface area contributed by atoms with E-state index < -0.39 is 11.9 Å². The molecular weight excluding hydrogens is 1150 g/mol. The summed E-state index contributed by atoms with van der Waals surface area (Å²) in [5.74, 6) is -0.155. The number of ketones is 1. The van der Waals surface area contributed by atoms with Gasteiger partial charge in [0.1, 0.15) is 29.9 Å². The summed E-state index contributed by atoms with van der Waals surface area (Å²) >= 11 is 7.88. The average Bonchev–Trinajstić information content (AvgIpc) is 1.84. The van der Waals surface area contributed by atoms with Gasteiger partial charge in [0.25, 0.3) is 5.91 Å². The number of amides is 5. The number of nitrogens with zero attached hydrogens (tertiary/aromatic N) is 2. The minimum atomic E-state index is -0.672. The lowest BCUT2D eigenvalue weighted by molar-refractivity contribution is -0.136. The van der Waals surface area contributed by atoms with Gasteiger partial charge in [-0.25, -0.2) is 4.79 Å². The maximum Gasteiger partial charge on any atom is 0.319 e. The summed E-state index contributed by atoms with van der Waals surface area (Å²) in [7, 11) is 0. The molecule has 1 atom stereocenters. The number of benzene rings is 5. The van der Waals surface area contributed by atoms with E-state index in [9.17, 15) is 34.2 Å². The number of hydrogen-bond acceptors (Lipinski definition) is 14. The number of thiophene rings is 1. The zero-order chi connectivity index (χ0) is 61.2. The van der Waals surface area contributed by atoms with Gasteiger partial charge in [0.2, 0.25) is 11.8 Å². The molecule has 1 aromatic heterocycles. The van der Waals surface area contributed by atoms with Gasteiger partial charge in [-0.05, 0) is 145 Å². The summed E-state index contributed by atoms with van der Waals surface area (Å²) in [5, 5.41) is 29.4. The van der Waals surface area contributed by atoms with Crippen molar-refractivity contribution in [3.8, 4) is 27.7 Å². The molecule has 5 amide bonds. The van der Waals surface area contributed by atoms with Crippen molar-refractivity contribution in [2.75, 3.05) is 84.4 Å². The second-order valence-corrected chi connectivity index (χ2v) is 23.6. The highest BCUT2D eigenvalue weighted by molar-refractivity contribution is 7.22. The second kappa shape index (κ2) is 35.2. The first-order valence-corrected chi connectivity index (χ1v) is 32.1. The molecule has 87 heavy (non-hydrogen) atoms. The molecule has 0 bridgehead atoms. The first-order chi connectivity index (χ1) is 42.4. The lowest BCUT2D eigenvalue weighted by Gasteiger charge is -2.29. The van der Waals surface area contributed by atoms with Crippen molar-refractivity contribution in [1.29, 1.82) is 0 Å². The standard InChI is InChI=1S/C68H84ClN5O12S/c1-2-73(31-34-86-57-24-19-50(20-25-57)64(78)63-59-27-23-56(76)45-61(59)87-65(63)51-17-21-55(75)22-18-51)30-33-83-36-38-85-40-39-84-37-35-82-32-14-12-10-8-6-4-3-5-7-9-11-13-15-48-42-53(69)44-54(43-48)71-68(81)70-46-49-16-26-58-52(41-49)47-74(67(58)80)60-28-29-62(77)72-66(60)79/h16-27,41-45,60,75-76H,2-15,28-40,46-47H2,1H3,(H2,70,71,81)(H,72,77,79). The van der Waals surface area contributed by atoms with E-state index in [2.05, 4.69) is 27.8 Å². The van der Waals surface area contributed by atoms with Crippen LogP contribution in [0.15, 0.2) is 103 Å². The fraction of sp³-hybridized carbons (Fsp3) is 0.456. The maximum atomic E-state index is 13.9. The number of ether oxygens (including phenoxy) is 5. The largest absolute Gasteiger partial charge is 0.508 e. The predicted molar refractivity (Wildman–Crippen MR) is 340 cm³/mol. The zero-order valence-corrected chi connectivity index (χ0v) is 51.6. The van der Waals surface area contributed by atoms with Gasteiger partial charge >= 0.3 is 6.03 Å². The SMILES string of the molecule is CCN(CCOCCOCCOCCOCCCCCCCCCCCCCCc1cc(Cl)cc(NC(=O)NCc2ccc3c(c2)CN(C2CCC(=O)NC2=O)C3=O)c1)CCOc1ccc(C(=O)c2c(-c3ccc(O)cc3)sc3cc(O)ccc23)cc1. The number of halogens is 1. The number of unbranched alkanes of at least 4 members (excludes halogenated alkanes) is 11. The number of carbonyl (C=O) groups is 5. The summed E-state index contributed by atoms with van der Waals surface area (Å²) < 4.78 is 29.8. The van der Waals surface area contributed by atoms with Gasteiger partial charge in [0.15, 0.2) is 5.78 Å². The number of likely N-dealkylation sites (N-methyl/N-ethyl adjacent to an activating group) is 1. The maximum absolute atomic E-state index is 13.9. The number of fused-ring (bicyclic) bond motifs is 2. The Labute approximate surface area is 520 Å². The fourth-order valence-electron chi connectivity index (χ4n) is 10.9. The number of phenols is 2. The summed E-state index contributed by atoms with van der Waals surface area (Å²) in [5.41, 5.74) is 5.77. The molecule has 6 aromatic rings. The molecular formula is C68H84ClN5O12S. The van der Waals surface area contributed by atoms with Crippen LogP contribution in [0.3, 0.4) is 0 Å². The number of imide groups is 1. The van der Waals surface area contributed by atoms with Gasteiger partial charge < -0.3 is 49.4 Å². The Morgan fingerprint density at radius 3 is 1.99 bits per heavy atom. The van der Waals surface area contributed by atoms with E-state index in [1.165, 1.54) is 74.0 Å². The number of rotatable bonds is 39. The number of nitrogens with one attached hydrogen (secondary N) is 3. The summed E-state index contributed by atoms with van der Waals surface area (Å²) in [6, 6.07) is 29.0. The summed E-state index contributed by atoms with van der Waals surface area (Å²) in [4.78, 5) is 68.4. The molecule has 0 aliphatic carbocycles. The summed E-state index contributed by atoms with van der Waals surface area (Å²) in [6.45, 7) is 10.0. The Balaban J connectivity index is 0.553. The molecule has 5 N–H and O–H groups in total. The molecule has 8 rings (SSSR count). The third-order valence-corrected chi connectivity index (χ3v) is 17.1. The monoisotopic (exact) mass is 1230 g/mol. The number of hydrogen-bond donors (Lipinski definition) is 5. The van der Waals surface area contributed by atoms with E-state index in [0.29, 0.717) is 92.4 Å². The summed E-state index contributed by atoms with van der Waals surface area (Å²) in [6.07, 6.45) is 16.0. The highest BCUT2D eigenvalue weighted by atomic mass is 35.5. The van der Waals surface area contributed by atoms with E-state index in [1.54, 1.807) is 72.8 Å². The number of phenolic OH excluding ortho intramolecular Hbond substituents is 2. The number of aryl methyl sites for hydroxylation is 1. The van der Waals surface area contributed by atoms with Crippen molar-refractivity contribution in [2.45, 2.75) is 122 Å². The highest BCUT2D eigenvalue weighted by Gasteiger charge is 2.39. The van der Waals surface area contributed by atoms with Gasteiger partial charge in [0.05, 0.1) is 46.2 Å². The highest BCUT2D eigenvalue weighted by Crippen LogP contribution is 2.42. The van der Waals surface area contributed by atoms with Crippen molar-refractivity contribution >= 4 is 68.2 Å². The number of carbonyl (C=O) groups excluding carboxylic acids is 5. The molecule has 2 aliphatic rings. The predicted octanol–water partition coefficient (Wildman–Crippen LogP) is 12.6. The minimum Gasteiger partial charge on any atom is -0.508 e. The van der Waals surface area contributed by atoms with Crippen molar-refractivity contribution in [3.63, 3.8) is 0 Å². The minimum absolute atomic E-state index is 0.126. The molecule has 1 unspecified atom stereocenters. The smallest absolute Gasteiger partial charge is 0.319 e. The van der Waals surface area contributed by atoms with Crippen LogP contribution >= 0.6 is 22.9 Å². The topological polar surface area (TPSA) is 215 Å². The van der Waals surface area contributed by atoms with Crippen molar-refractivity contribution in [3.05, 3.63) is 142 Å². The van der Waals surface area contributed by atoms with Crippen molar-refractivity contribution in [2.24, 2.45) is 0 Å². The lowest BCUT2D eigenvalue weighted by atomic mass is 9.97. The Kier molecular flexibility index (Phi) is 26.7. The van der Waals surface area contributed by atoms with E-state index >= 15 is 0 Å². The molecule has 5 aromatic carbocycles. The average molecular weight is 1230 g/mol. The van der Waals surface area contributed by atoms with E-state index in [-0.39, 0.29) is 54.6 Å². The first-order valence-electron chi connectivity index (χ1n) is 30.9. The van der Waals surface area contributed by atoms with Gasteiger partial charge in [-0.3, -0.25) is 29.4 Å². The van der Waals surface area contributed by atoms with Gasteiger partial charge in [0, 0.05) is 81.6 Å². The normalized spacial score (nSPS) is 14.0. The molecule has 0 radical (unpaired) electrons. The molecule has 3 heterocycles. The van der Waals surface area contributed by atoms with Crippen LogP contribution in [0.4, 0.5) is 10.5 Å². The third-order valence-electron chi connectivity index (χ3n) is 15.7. The van der Waals surface area contributed by atoms with Gasteiger partial charge in [-0.2, -0.15) is 0 Å². The first kappa shape index (κ1) is 66.1. The molecule has 466 valence electrons. The van der Waals surface area contributed by atoms with Crippen LogP contribution < -0.4 is 20.7 Å². The second-order valence-electron chi connectivity index (χ2n) is 22.2. The number of anilines is 1. The van der Waals surface area contributed by atoms with Gasteiger partial charge in [-0.15, -0.1) is 11.3 Å². The molecule has 0 spiro atoms. The Morgan fingerprint density at radius 1 is 0.678 bits per heavy atom. The lowest BCUT2D eigenvalue weighted by Crippen LogP contribution is -2.52. The quantitative estimate of drug-likeness (QED) is 0.0138. The third kappa shape index (κ3) is 20.9. The molecule has 0 saturated carbocycles. The Morgan fingerprint density at radius 2 is 1.31 bits per heavy atom. The number of aromatic hydroxyl groups is 2. The van der Waals surface area contributed by atoms with E-state index in [4.69, 9.17) is 35.3 Å². The molecule has 2 aliphatic heterocycles. The van der Waals surface area contributed by atoms with Crippen LogP contribution in [0, 0.1) is 0 Å². The van der Waals surface area contributed by atoms with Crippen molar-refractivity contribution < 1.29 is 57.9 Å². The molecule has 17 nitrogen and oxygen atoms in total. The molecule has 1 saturated heterocycles. The van der Waals surface area contributed by atoms with E-state index in [0.717, 1.165) is 89.1 Å². The van der Waals surface area contributed by atoms with Crippen LogP contribution in [0.1, 0.15) is 140 Å². The van der Waals surface area contributed by atoms with Gasteiger partial charge in [-0.1, -0.05) is 94.9 Å². The number of piperidine rings is 1. The van der Waals surface area contributed by atoms with Crippen molar-refractivity contribution in [1.82, 2.24) is 20.4 Å². The van der Waals surface area contributed by atoms with Crippen LogP contribution in [-0.2, 0) is 48.0 Å². The fourth-order valence-corrected chi connectivity index (χ4v) is 12.4. The number of urea groups is 1. The Hall–Kier alpha value is -6.90. The van der Waals surface area contributed by atoms with Crippen LogP contribution in [0.2, 0.25) is 5.02 Å². The van der Waals surface area contributed by atoms with Crippen LogP contribution in [-0.4, -0.2) is 135 Å². The Bertz CT molecular complexity index is 3190. The van der Waals surface area contributed by atoms with Crippen LogP contribution in [0.5, 0.6) is 17.2 Å². The van der Waals surface area contributed by atoms with Crippen LogP contribution in [0.25, 0.3) is 20.5 Å².